The molecule has 5 fully saturated rings. The minimum absolute atomic E-state index is 0.221. The van der Waals surface area contributed by atoms with Gasteiger partial charge in [0.25, 0.3) is 0 Å². The predicted octanol–water partition coefficient (Wildman–Crippen LogP) is 3.40. The predicted molar refractivity (Wildman–Crippen MR) is 86.9 cm³/mol. The Morgan fingerprint density at radius 1 is 1.00 bits per heavy atom. The van der Waals surface area contributed by atoms with Gasteiger partial charge in [-0.05, 0) is 81.5 Å². The molecule has 6 aliphatic carbocycles. The van der Waals surface area contributed by atoms with Gasteiger partial charge >= 0.3 is 11.9 Å². The smallest absolute Gasteiger partial charge is 0.344 e. The van der Waals surface area contributed by atoms with Gasteiger partial charge in [0.2, 0.25) is 0 Å². The summed E-state index contributed by atoms with van der Waals surface area (Å²) in [5.41, 5.74) is -0.701. The van der Waals surface area contributed by atoms with Gasteiger partial charge in [0.15, 0.2) is 6.61 Å². The summed E-state index contributed by atoms with van der Waals surface area (Å²) in [5.74, 6) is 2.16. The number of hydrogen-bond donors (Lipinski definition) is 0. The highest BCUT2D eigenvalue weighted by molar-refractivity contribution is 5.83. The molecule has 0 heterocycles. The maximum atomic E-state index is 12.4. The van der Waals surface area contributed by atoms with Gasteiger partial charge in [0, 0.05) is 0 Å². The highest BCUT2D eigenvalue weighted by atomic mass is 16.6. The van der Waals surface area contributed by atoms with E-state index in [4.69, 9.17) is 9.47 Å². The van der Waals surface area contributed by atoms with Crippen LogP contribution in [0.2, 0.25) is 0 Å². The first kappa shape index (κ1) is 15.0. The number of hydrogen-bond acceptors (Lipinski definition) is 4. The minimum Gasteiger partial charge on any atom is -0.457 e. The van der Waals surface area contributed by atoms with E-state index in [9.17, 15) is 9.59 Å². The van der Waals surface area contributed by atoms with Crippen LogP contribution in [0.25, 0.3) is 0 Å². The second-order valence-electron chi connectivity index (χ2n) is 9.17. The van der Waals surface area contributed by atoms with Crippen LogP contribution >= 0.6 is 0 Å². The molecular weight excluding hydrogens is 304 g/mol. The van der Waals surface area contributed by atoms with Crippen LogP contribution in [0.4, 0.5) is 0 Å². The molecule has 5 saturated carbocycles. The zero-order chi connectivity index (χ0) is 16.4. The molecule has 0 aromatic carbocycles. The van der Waals surface area contributed by atoms with Crippen LogP contribution in [0.5, 0.6) is 0 Å². The molecule has 24 heavy (non-hydrogen) atoms. The Morgan fingerprint density at radius 2 is 1.67 bits per heavy atom. The third-order valence-corrected chi connectivity index (χ3v) is 7.32. The third-order valence-electron chi connectivity index (χ3n) is 7.32. The number of carbonyl (C=O) groups excluding carboxylic acids is 2. The van der Waals surface area contributed by atoms with Crippen LogP contribution in [-0.2, 0) is 19.1 Å². The van der Waals surface area contributed by atoms with E-state index in [0.29, 0.717) is 5.92 Å². The maximum Gasteiger partial charge on any atom is 0.344 e. The van der Waals surface area contributed by atoms with Gasteiger partial charge in [-0.2, -0.15) is 0 Å². The molecule has 6 bridgehead atoms. The average Bonchev–Trinajstić information content (AvgIpc) is 3.13. The molecule has 2 atom stereocenters. The molecule has 0 N–H and O–H groups in total. The van der Waals surface area contributed by atoms with Gasteiger partial charge in [-0.1, -0.05) is 12.2 Å². The fourth-order valence-electron chi connectivity index (χ4n) is 6.70. The molecule has 0 spiro atoms. The minimum atomic E-state index is -0.453. The number of rotatable bonds is 4. The number of allylic oxidation sites excluding steroid dienone is 1. The molecule has 4 heteroatoms. The Kier molecular flexibility index (Phi) is 3.18. The molecule has 0 saturated heterocycles. The van der Waals surface area contributed by atoms with Gasteiger partial charge < -0.3 is 9.47 Å². The van der Waals surface area contributed by atoms with Crippen molar-refractivity contribution < 1.29 is 19.1 Å². The lowest BCUT2D eigenvalue weighted by Crippen LogP contribution is -2.53. The van der Waals surface area contributed by atoms with E-state index in [2.05, 4.69) is 6.08 Å². The summed E-state index contributed by atoms with van der Waals surface area (Å²) in [6.07, 6.45) is 13.9. The van der Waals surface area contributed by atoms with Gasteiger partial charge in [-0.25, -0.2) is 4.79 Å². The van der Waals surface area contributed by atoms with Crippen LogP contribution in [0.15, 0.2) is 12.2 Å². The number of esters is 2. The van der Waals surface area contributed by atoms with Crippen molar-refractivity contribution in [1.82, 2.24) is 0 Å². The highest BCUT2D eigenvalue weighted by Gasteiger charge is 2.53. The van der Waals surface area contributed by atoms with Crippen LogP contribution in [0, 0.1) is 29.1 Å². The molecule has 130 valence electrons. The first-order valence-corrected chi connectivity index (χ1v) is 9.63. The number of carbonyl (C=O) groups is 2. The van der Waals surface area contributed by atoms with E-state index < -0.39 is 5.41 Å². The summed E-state index contributed by atoms with van der Waals surface area (Å²) in [6.45, 7) is -0.221. The maximum absolute atomic E-state index is 12.4. The van der Waals surface area contributed by atoms with E-state index in [0.717, 1.165) is 56.3 Å². The van der Waals surface area contributed by atoms with Crippen LogP contribution in [0.1, 0.15) is 57.8 Å². The van der Waals surface area contributed by atoms with E-state index >= 15 is 0 Å². The van der Waals surface area contributed by atoms with Crippen molar-refractivity contribution in [3.05, 3.63) is 12.2 Å². The fraction of sp³-hybridized carbons (Fsp3) is 0.800. The Labute approximate surface area is 143 Å². The number of ether oxygens (including phenoxy) is 2. The van der Waals surface area contributed by atoms with Crippen LogP contribution in [0.3, 0.4) is 0 Å². The topological polar surface area (TPSA) is 52.6 Å². The van der Waals surface area contributed by atoms with E-state index in [-0.39, 0.29) is 24.1 Å². The van der Waals surface area contributed by atoms with Gasteiger partial charge in [-0.15, -0.1) is 0 Å². The molecule has 0 amide bonds. The summed E-state index contributed by atoms with van der Waals surface area (Å²) in [5, 5.41) is 0. The van der Waals surface area contributed by atoms with Gasteiger partial charge in [0.1, 0.15) is 5.60 Å². The quantitative estimate of drug-likeness (QED) is 0.585. The fourth-order valence-corrected chi connectivity index (χ4v) is 6.70. The Bertz CT molecular complexity index is 571. The van der Waals surface area contributed by atoms with E-state index in [1.54, 1.807) is 0 Å². The van der Waals surface area contributed by atoms with Crippen molar-refractivity contribution in [1.29, 1.82) is 0 Å². The van der Waals surface area contributed by atoms with Crippen molar-refractivity contribution in [2.75, 3.05) is 6.61 Å². The summed E-state index contributed by atoms with van der Waals surface area (Å²) in [6, 6.07) is 0. The first-order valence-electron chi connectivity index (χ1n) is 9.63. The third kappa shape index (κ3) is 2.33. The van der Waals surface area contributed by atoms with Crippen LogP contribution in [-0.4, -0.2) is 24.1 Å². The molecule has 6 aliphatic rings. The molecule has 0 radical (unpaired) electrons. The zero-order valence-corrected chi connectivity index (χ0v) is 14.2. The lowest BCUT2D eigenvalue weighted by Gasteiger charge is -2.55. The SMILES string of the molecule is O=C(COC(=O)C12C=CC(CC1)C2)OC12CC3CC(CC(C3)C1)C2. The highest BCUT2D eigenvalue weighted by Crippen LogP contribution is 2.57. The number of fused-ring (bicyclic) bond motifs is 2. The molecule has 0 aliphatic heterocycles. The molecule has 2 unspecified atom stereocenters. The van der Waals surface area contributed by atoms with Crippen LogP contribution < -0.4 is 0 Å². The second kappa shape index (κ2) is 5.09. The Morgan fingerprint density at radius 3 is 2.17 bits per heavy atom. The van der Waals surface area contributed by atoms with E-state index in [1.807, 2.05) is 6.08 Å². The molecule has 0 aromatic rings. The molecule has 0 aromatic heterocycles. The van der Waals surface area contributed by atoms with Crippen molar-refractivity contribution in [2.24, 2.45) is 29.1 Å². The summed E-state index contributed by atoms with van der Waals surface area (Å²) in [4.78, 5) is 24.7. The van der Waals surface area contributed by atoms with Crippen molar-refractivity contribution in [3.63, 3.8) is 0 Å². The van der Waals surface area contributed by atoms with Crippen molar-refractivity contribution in [2.45, 2.75) is 63.4 Å². The molecule has 6 rings (SSSR count). The van der Waals surface area contributed by atoms with Gasteiger partial charge in [0.05, 0.1) is 5.41 Å². The average molecular weight is 330 g/mol. The monoisotopic (exact) mass is 330 g/mol. The Balaban J connectivity index is 1.18. The largest absolute Gasteiger partial charge is 0.457 e. The standard InChI is InChI=1S/C20H26O4/c21-17(12-23-18(22)19-3-1-13(8-19)2-4-19)24-20-9-14-5-15(10-20)7-16(6-14)11-20/h1,3,13-16H,2,4-12H2. The lowest BCUT2D eigenvalue weighted by atomic mass is 9.54. The molecule has 4 nitrogen and oxygen atoms in total. The summed E-state index contributed by atoms with van der Waals surface area (Å²) in [7, 11) is 0. The lowest BCUT2D eigenvalue weighted by molar-refractivity contribution is -0.193. The normalized spacial score (nSPS) is 47.2. The van der Waals surface area contributed by atoms with Crippen molar-refractivity contribution >= 4 is 11.9 Å². The van der Waals surface area contributed by atoms with E-state index in [1.165, 1.54) is 19.3 Å². The van der Waals surface area contributed by atoms with Gasteiger partial charge in [-0.3, -0.25) is 4.79 Å². The summed E-state index contributed by atoms with van der Waals surface area (Å²) < 4.78 is 11.3. The summed E-state index contributed by atoms with van der Waals surface area (Å²) >= 11 is 0. The van der Waals surface area contributed by atoms with Crippen molar-refractivity contribution in [3.8, 4) is 0 Å². The zero-order valence-electron chi connectivity index (χ0n) is 14.2. The second-order valence-corrected chi connectivity index (χ2v) is 9.17. The first-order chi connectivity index (χ1) is 11.5. The Hall–Kier alpha value is -1.32. The molecular formula is C20H26O4.